The Bertz CT molecular complexity index is 575. The summed E-state index contributed by atoms with van der Waals surface area (Å²) in [5.41, 5.74) is 1.14. The molecule has 23 heavy (non-hydrogen) atoms. The average molecular weight is 356 g/mol. The van der Waals surface area contributed by atoms with E-state index in [0.29, 0.717) is 16.0 Å². The van der Waals surface area contributed by atoms with Crippen LogP contribution in [0.3, 0.4) is 0 Å². The summed E-state index contributed by atoms with van der Waals surface area (Å²) in [6, 6.07) is 6.03. The van der Waals surface area contributed by atoms with E-state index in [1.165, 1.54) is 0 Å². The minimum atomic E-state index is 0.168. The van der Waals surface area contributed by atoms with E-state index in [0.717, 1.165) is 44.6 Å². The van der Waals surface area contributed by atoms with Crippen LogP contribution in [0, 0.1) is 5.92 Å². The molecule has 0 aliphatic carbocycles. The second-order valence-corrected chi connectivity index (χ2v) is 7.26. The van der Waals surface area contributed by atoms with Crippen LogP contribution >= 0.6 is 23.2 Å². The lowest BCUT2D eigenvalue weighted by Gasteiger charge is -2.26. The van der Waals surface area contributed by atoms with E-state index in [1.807, 2.05) is 30.1 Å². The summed E-state index contributed by atoms with van der Waals surface area (Å²) in [7, 11) is 1.95. The van der Waals surface area contributed by atoms with Crippen molar-refractivity contribution in [2.24, 2.45) is 5.92 Å². The third kappa shape index (κ3) is 3.66. The van der Waals surface area contributed by atoms with Crippen molar-refractivity contribution in [2.45, 2.75) is 24.8 Å². The third-order valence-corrected chi connectivity index (χ3v) is 5.80. The van der Waals surface area contributed by atoms with Crippen LogP contribution in [0.15, 0.2) is 18.2 Å². The number of carbonyl (C=O) groups excluding carboxylic acids is 1. The maximum atomic E-state index is 12.8. The number of halogens is 2. The van der Waals surface area contributed by atoms with Gasteiger partial charge in [-0.05, 0) is 50.7 Å². The number of hydrogen-bond donors (Lipinski definition) is 2. The van der Waals surface area contributed by atoms with Crippen molar-refractivity contribution in [1.82, 2.24) is 15.5 Å². The third-order valence-electron chi connectivity index (χ3n) is 5.06. The first kappa shape index (κ1) is 17.0. The summed E-state index contributed by atoms with van der Waals surface area (Å²) in [5, 5.41) is 7.81. The van der Waals surface area contributed by atoms with E-state index in [-0.39, 0.29) is 17.9 Å². The molecule has 2 N–H and O–H groups in total. The molecule has 2 atom stereocenters. The lowest BCUT2D eigenvalue weighted by molar-refractivity contribution is -0.135. The van der Waals surface area contributed by atoms with Gasteiger partial charge >= 0.3 is 0 Å². The number of carbonyl (C=O) groups is 1. The molecular formula is C17H23Cl2N3O. The Kier molecular flexibility index (Phi) is 5.47. The van der Waals surface area contributed by atoms with Gasteiger partial charge in [0.2, 0.25) is 5.91 Å². The monoisotopic (exact) mass is 355 g/mol. The van der Waals surface area contributed by atoms with Gasteiger partial charge in [-0.3, -0.25) is 4.79 Å². The van der Waals surface area contributed by atoms with Gasteiger partial charge in [-0.25, -0.2) is 0 Å². The van der Waals surface area contributed by atoms with E-state index < -0.39 is 0 Å². The zero-order valence-corrected chi connectivity index (χ0v) is 14.8. The van der Waals surface area contributed by atoms with Crippen molar-refractivity contribution >= 4 is 29.1 Å². The number of nitrogens with zero attached hydrogens (tertiary/aromatic N) is 1. The number of nitrogens with one attached hydrogen (secondary N) is 2. The van der Waals surface area contributed by atoms with Crippen molar-refractivity contribution in [3.63, 3.8) is 0 Å². The predicted molar refractivity (Wildman–Crippen MR) is 94.2 cm³/mol. The van der Waals surface area contributed by atoms with Crippen LogP contribution in [0.1, 0.15) is 24.3 Å². The Morgan fingerprint density at radius 3 is 2.61 bits per heavy atom. The molecule has 0 radical (unpaired) electrons. The van der Waals surface area contributed by atoms with Crippen LogP contribution in [-0.4, -0.2) is 50.1 Å². The minimum absolute atomic E-state index is 0.168. The number of benzene rings is 1. The van der Waals surface area contributed by atoms with Gasteiger partial charge in [0.15, 0.2) is 0 Å². The standard InChI is InChI=1S/C17H23Cl2N3O/c1-20-16-10-22(17(23)11-4-6-21-7-5-11)9-13(16)12-2-3-14(18)15(19)8-12/h2-3,8,11,13,16,20-21H,4-7,9-10H2,1H3. The Balaban J connectivity index is 1.74. The molecule has 1 amide bonds. The summed E-state index contributed by atoms with van der Waals surface area (Å²) < 4.78 is 0. The van der Waals surface area contributed by atoms with Crippen molar-refractivity contribution in [2.75, 3.05) is 33.2 Å². The van der Waals surface area contributed by atoms with Gasteiger partial charge in [0.05, 0.1) is 10.0 Å². The van der Waals surface area contributed by atoms with Crippen LogP contribution < -0.4 is 10.6 Å². The molecule has 2 unspecified atom stereocenters. The number of amides is 1. The second kappa shape index (κ2) is 7.39. The van der Waals surface area contributed by atoms with Gasteiger partial charge in [-0.1, -0.05) is 29.3 Å². The molecule has 3 rings (SSSR count). The first-order valence-corrected chi connectivity index (χ1v) is 8.97. The summed E-state index contributed by atoms with van der Waals surface area (Å²) in [6.45, 7) is 3.38. The molecule has 2 fully saturated rings. The van der Waals surface area contributed by atoms with Crippen LogP contribution in [0.5, 0.6) is 0 Å². The van der Waals surface area contributed by atoms with Crippen molar-refractivity contribution in [1.29, 1.82) is 0 Å². The first-order chi connectivity index (χ1) is 11.1. The highest BCUT2D eigenvalue weighted by atomic mass is 35.5. The van der Waals surface area contributed by atoms with Gasteiger partial charge in [-0.15, -0.1) is 0 Å². The fourth-order valence-corrected chi connectivity index (χ4v) is 3.99. The van der Waals surface area contributed by atoms with Crippen LogP contribution in [0.2, 0.25) is 10.0 Å². The average Bonchev–Trinajstić information content (AvgIpc) is 3.02. The SMILES string of the molecule is CNC1CN(C(=O)C2CCNCC2)CC1c1ccc(Cl)c(Cl)c1. The smallest absolute Gasteiger partial charge is 0.225 e. The lowest BCUT2D eigenvalue weighted by Crippen LogP contribution is -2.41. The molecule has 2 aliphatic rings. The number of piperidine rings is 1. The fourth-order valence-electron chi connectivity index (χ4n) is 3.68. The Morgan fingerprint density at radius 2 is 1.96 bits per heavy atom. The van der Waals surface area contributed by atoms with Gasteiger partial charge in [0, 0.05) is 31.0 Å². The Labute approximate surface area is 147 Å². The first-order valence-electron chi connectivity index (χ1n) is 8.22. The maximum Gasteiger partial charge on any atom is 0.225 e. The van der Waals surface area contributed by atoms with E-state index >= 15 is 0 Å². The summed E-state index contributed by atoms with van der Waals surface area (Å²) in [5.74, 6) is 0.719. The Morgan fingerprint density at radius 1 is 1.22 bits per heavy atom. The lowest BCUT2D eigenvalue weighted by atomic mass is 9.94. The molecule has 2 saturated heterocycles. The molecule has 1 aromatic rings. The molecule has 126 valence electrons. The minimum Gasteiger partial charge on any atom is -0.340 e. The number of likely N-dealkylation sites (tertiary alicyclic amines) is 1. The second-order valence-electron chi connectivity index (χ2n) is 6.44. The van der Waals surface area contributed by atoms with Gasteiger partial charge in [-0.2, -0.15) is 0 Å². The molecule has 0 spiro atoms. The molecule has 4 nitrogen and oxygen atoms in total. The summed E-state index contributed by atoms with van der Waals surface area (Å²) in [4.78, 5) is 14.8. The summed E-state index contributed by atoms with van der Waals surface area (Å²) >= 11 is 12.2. The van der Waals surface area contributed by atoms with Crippen molar-refractivity contribution in [3.8, 4) is 0 Å². The molecular weight excluding hydrogens is 333 g/mol. The Hall–Kier alpha value is -0.810. The van der Waals surface area contributed by atoms with Crippen molar-refractivity contribution < 1.29 is 4.79 Å². The zero-order chi connectivity index (χ0) is 16.4. The topological polar surface area (TPSA) is 44.4 Å². The highest BCUT2D eigenvalue weighted by molar-refractivity contribution is 6.42. The van der Waals surface area contributed by atoms with Gasteiger partial charge in [0.25, 0.3) is 0 Å². The van der Waals surface area contributed by atoms with E-state index in [2.05, 4.69) is 10.6 Å². The van der Waals surface area contributed by atoms with Crippen LogP contribution in [0.25, 0.3) is 0 Å². The van der Waals surface area contributed by atoms with Crippen molar-refractivity contribution in [3.05, 3.63) is 33.8 Å². The molecule has 2 aliphatic heterocycles. The predicted octanol–water partition coefficient (Wildman–Crippen LogP) is 2.51. The number of hydrogen-bond acceptors (Lipinski definition) is 3. The number of rotatable bonds is 3. The zero-order valence-electron chi connectivity index (χ0n) is 13.3. The molecule has 2 heterocycles. The highest BCUT2D eigenvalue weighted by Crippen LogP contribution is 2.33. The molecule has 0 aromatic heterocycles. The fraction of sp³-hybridized carbons (Fsp3) is 0.588. The van der Waals surface area contributed by atoms with Crippen LogP contribution in [0.4, 0.5) is 0 Å². The number of likely N-dealkylation sites (N-methyl/N-ethyl adjacent to an activating group) is 1. The van der Waals surface area contributed by atoms with E-state index in [1.54, 1.807) is 0 Å². The normalized spacial score (nSPS) is 25.8. The van der Waals surface area contributed by atoms with Gasteiger partial charge in [0.1, 0.15) is 0 Å². The quantitative estimate of drug-likeness (QED) is 0.875. The van der Waals surface area contributed by atoms with E-state index in [9.17, 15) is 4.79 Å². The van der Waals surface area contributed by atoms with Crippen LogP contribution in [-0.2, 0) is 4.79 Å². The molecule has 0 saturated carbocycles. The molecule has 0 bridgehead atoms. The van der Waals surface area contributed by atoms with Gasteiger partial charge < -0.3 is 15.5 Å². The highest BCUT2D eigenvalue weighted by Gasteiger charge is 2.37. The summed E-state index contributed by atoms with van der Waals surface area (Å²) in [6.07, 6.45) is 1.88. The molecule has 6 heteroatoms. The largest absolute Gasteiger partial charge is 0.340 e. The van der Waals surface area contributed by atoms with E-state index in [4.69, 9.17) is 23.2 Å². The molecule has 1 aromatic carbocycles. The maximum absolute atomic E-state index is 12.8.